The molecule has 0 aromatic heterocycles. The van der Waals surface area contributed by atoms with Crippen LogP contribution in [0.4, 0.5) is 0 Å². The molecule has 0 aromatic carbocycles. The Kier molecular flexibility index (Phi) is 11.5. The van der Waals surface area contributed by atoms with Crippen molar-refractivity contribution < 1.29 is 0 Å². The Labute approximate surface area is 85.6 Å². The molecule has 0 aliphatic carbocycles. The first-order chi connectivity index (χ1) is 5.91. The van der Waals surface area contributed by atoms with E-state index in [9.17, 15) is 0 Å². The summed E-state index contributed by atoms with van der Waals surface area (Å²) in [5, 5.41) is 1.23. The Morgan fingerprint density at radius 2 is 1.58 bits per heavy atom. The molecule has 0 unspecified atom stereocenters. The molecule has 0 amide bonds. The third-order valence-electron chi connectivity index (χ3n) is 1.92. The van der Waals surface area contributed by atoms with Crippen LogP contribution < -0.4 is 0 Å². The number of allylic oxidation sites excluding steroid dienone is 2. The van der Waals surface area contributed by atoms with Crippen molar-refractivity contribution >= 4 is 16.0 Å². The molecule has 0 atom stereocenters. The first kappa shape index (κ1) is 12.3. The zero-order valence-electron chi connectivity index (χ0n) is 8.22. The Morgan fingerprint density at radius 3 is 2.25 bits per heavy atom. The fraction of sp³-hybridized carbons (Fsp3) is 0.818. The van der Waals surface area contributed by atoms with Gasteiger partial charge in [0.1, 0.15) is 0 Å². The molecule has 0 N–H and O–H groups in total. The first-order valence-corrected chi connectivity index (χ1v) is 6.36. The van der Waals surface area contributed by atoms with E-state index in [1.165, 1.54) is 50.3 Å². The van der Waals surface area contributed by atoms with E-state index in [2.05, 4.69) is 35.1 Å². The molecule has 0 bridgehead atoms. The van der Waals surface area contributed by atoms with Crippen LogP contribution in [0.1, 0.15) is 51.9 Å². The fourth-order valence-electron chi connectivity index (χ4n) is 1.18. The van der Waals surface area contributed by atoms with Crippen molar-refractivity contribution in [3.8, 4) is 0 Å². The van der Waals surface area contributed by atoms with Crippen molar-refractivity contribution in [2.45, 2.75) is 57.2 Å². The normalized spacial score (nSPS) is 11.2. The summed E-state index contributed by atoms with van der Waals surface area (Å²) in [5.74, 6) is 0. The van der Waals surface area contributed by atoms with Gasteiger partial charge in [0.25, 0.3) is 0 Å². The van der Waals surface area contributed by atoms with Gasteiger partial charge in [0.2, 0.25) is 0 Å². The molecule has 0 saturated carbocycles. The van der Waals surface area contributed by atoms with Gasteiger partial charge in [0.05, 0.1) is 0 Å². The van der Waals surface area contributed by atoms with Crippen LogP contribution in [-0.4, -0.2) is 16.0 Å². The summed E-state index contributed by atoms with van der Waals surface area (Å²) in [6, 6.07) is 0. The molecule has 1 radical (unpaired) electrons. The molecule has 71 valence electrons. The molecule has 0 saturated heterocycles. The molecular weight excluding hydrogens is 211 g/mol. The number of unbranched alkanes of at least 4 members (excludes halogenated alkanes) is 5. The molecule has 0 aromatic rings. The summed E-state index contributed by atoms with van der Waals surface area (Å²) in [5.41, 5.74) is 0. The van der Waals surface area contributed by atoms with Gasteiger partial charge >= 0.3 is 85.4 Å². The number of hydrogen-bond acceptors (Lipinski definition) is 0. The standard InChI is InChI=1S/C11H21Se/c1-2-3-4-5-6-7-8-9-10-11-12/h3-4H,2,5-11H2,1H3/b4-3-. The Hall–Kier alpha value is 0.259. The molecule has 0 fully saturated rings. The van der Waals surface area contributed by atoms with Crippen LogP contribution in [0.5, 0.6) is 0 Å². The van der Waals surface area contributed by atoms with E-state index < -0.39 is 0 Å². The summed E-state index contributed by atoms with van der Waals surface area (Å²) in [7, 11) is 0. The van der Waals surface area contributed by atoms with Crippen LogP contribution in [0, 0.1) is 0 Å². The summed E-state index contributed by atoms with van der Waals surface area (Å²) >= 11 is 3.05. The van der Waals surface area contributed by atoms with E-state index >= 15 is 0 Å². The number of rotatable bonds is 8. The topological polar surface area (TPSA) is 0 Å². The average Bonchev–Trinajstić information content (AvgIpc) is 2.10. The van der Waals surface area contributed by atoms with Gasteiger partial charge in [-0.2, -0.15) is 0 Å². The second kappa shape index (κ2) is 11.3. The SMILES string of the molecule is CC/C=C\CCCCCCC[Se]. The van der Waals surface area contributed by atoms with Gasteiger partial charge in [-0.05, 0) is 0 Å². The van der Waals surface area contributed by atoms with Crippen molar-refractivity contribution in [1.82, 2.24) is 0 Å². The van der Waals surface area contributed by atoms with Crippen molar-refractivity contribution in [2.75, 3.05) is 0 Å². The third kappa shape index (κ3) is 10.3. The van der Waals surface area contributed by atoms with E-state index in [4.69, 9.17) is 0 Å². The van der Waals surface area contributed by atoms with Crippen LogP contribution in [0.25, 0.3) is 0 Å². The summed E-state index contributed by atoms with van der Waals surface area (Å²) in [6.45, 7) is 2.19. The van der Waals surface area contributed by atoms with Crippen molar-refractivity contribution in [1.29, 1.82) is 0 Å². The Balaban J connectivity index is 2.86. The van der Waals surface area contributed by atoms with E-state index in [1.807, 2.05) is 0 Å². The molecule has 0 heterocycles. The fourth-order valence-corrected chi connectivity index (χ4v) is 1.61. The quantitative estimate of drug-likeness (QED) is 0.338. The monoisotopic (exact) mass is 233 g/mol. The molecule has 12 heavy (non-hydrogen) atoms. The molecule has 0 aliphatic heterocycles. The summed E-state index contributed by atoms with van der Waals surface area (Å²) in [6.07, 6.45) is 14.0. The van der Waals surface area contributed by atoms with E-state index in [0.717, 1.165) is 0 Å². The predicted molar refractivity (Wildman–Crippen MR) is 57.7 cm³/mol. The molecule has 0 rings (SSSR count). The van der Waals surface area contributed by atoms with Crippen LogP contribution in [0.2, 0.25) is 5.32 Å². The maximum absolute atomic E-state index is 3.05. The number of hydrogen-bond donors (Lipinski definition) is 0. The van der Waals surface area contributed by atoms with E-state index in [0.29, 0.717) is 0 Å². The minimum absolute atomic E-state index is 1.19. The first-order valence-electron chi connectivity index (χ1n) is 5.15. The van der Waals surface area contributed by atoms with Crippen molar-refractivity contribution in [3.05, 3.63) is 12.2 Å². The van der Waals surface area contributed by atoms with Gasteiger partial charge in [-0.3, -0.25) is 0 Å². The Bertz CT molecular complexity index is 97.2. The third-order valence-corrected chi connectivity index (χ3v) is 2.52. The zero-order valence-corrected chi connectivity index (χ0v) is 9.93. The predicted octanol–water partition coefficient (Wildman–Crippen LogP) is 3.88. The Morgan fingerprint density at radius 1 is 0.917 bits per heavy atom. The molecule has 1 heteroatoms. The molecule has 0 nitrogen and oxygen atoms in total. The van der Waals surface area contributed by atoms with E-state index in [1.54, 1.807) is 0 Å². The van der Waals surface area contributed by atoms with Gasteiger partial charge in [0.15, 0.2) is 0 Å². The van der Waals surface area contributed by atoms with Gasteiger partial charge in [-0.1, -0.05) is 0 Å². The average molecular weight is 232 g/mol. The van der Waals surface area contributed by atoms with Gasteiger partial charge < -0.3 is 0 Å². The van der Waals surface area contributed by atoms with Crippen LogP contribution in [0.15, 0.2) is 12.2 Å². The van der Waals surface area contributed by atoms with Crippen LogP contribution >= 0.6 is 0 Å². The summed E-state index contributed by atoms with van der Waals surface area (Å²) < 4.78 is 0. The zero-order chi connectivity index (χ0) is 9.07. The van der Waals surface area contributed by atoms with Crippen LogP contribution in [-0.2, 0) is 0 Å². The second-order valence-corrected chi connectivity index (χ2v) is 4.00. The van der Waals surface area contributed by atoms with Crippen LogP contribution in [0.3, 0.4) is 0 Å². The maximum atomic E-state index is 3.05. The van der Waals surface area contributed by atoms with Gasteiger partial charge in [-0.15, -0.1) is 0 Å². The molecule has 0 spiro atoms. The van der Waals surface area contributed by atoms with E-state index in [-0.39, 0.29) is 0 Å². The minimum atomic E-state index is 1.19. The van der Waals surface area contributed by atoms with Crippen molar-refractivity contribution in [3.63, 3.8) is 0 Å². The summed E-state index contributed by atoms with van der Waals surface area (Å²) in [4.78, 5) is 0. The molecule has 0 aliphatic rings. The van der Waals surface area contributed by atoms with Gasteiger partial charge in [-0.25, -0.2) is 0 Å². The molecular formula is C11H21Se. The van der Waals surface area contributed by atoms with Gasteiger partial charge in [0, 0.05) is 0 Å². The second-order valence-electron chi connectivity index (χ2n) is 3.14. The van der Waals surface area contributed by atoms with Crippen molar-refractivity contribution in [2.24, 2.45) is 0 Å².